The Hall–Kier alpha value is -0.680. The number of rotatable bonds is 3. The summed E-state index contributed by atoms with van der Waals surface area (Å²) in [7, 11) is -3.24. The molecule has 0 aliphatic rings. The summed E-state index contributed by atoms with van der Waals surface area (Å²) in [5, 5.41) is 1.03. The van der Waals surface area contributed by atoms with Crippen LogP contribution >= 0.6 is 35.0 Å². The Morgan fingerprint density at radius 3 is 2.16 bits per heavy atom. The van der Waals surface area contributed by atoms with Crippen LogP contribution in [0.5, 0.6) is 0 Å². The van der Waals surface area contributed by atoms with Crippen LogP contribution in [0.1, 0.15) is 0 Å². The highest BCUT2D eigenvalue weighted by Gasteiger charge is 2.11. The maximum absolute atomic E-state index is 11.4. The van der Waals surface area contributed by atoms with Gasteiger partial charge in [0.1, 0.15) is 0 Å². The molecule has 0 heterocycles. The lowest BCUT2D eigenvalue weighted by Crippen LogP contribution is -1.96. The molecule has 2 aromatic carbocycles. The topological polar surface area (TPSA) is 34.1 Å². The molecule has 0 aliphatic carbocycles. The molecule has 0 aliphatic heterocycles. The standard InChI is InChI=1S/C13H10Cl2O2S2/c1-19(16,17)9-6-7-13(11(15)8-9)18-12-5-3-2-4-10(12)14/h2-8H,1H3. The first-order chi connectivity index (χ1) is 8.88. The van der Waals surface area contributed by atoms with Gasteiger partial charge in [-0.1, -0.05) is 47.1 Å². The predicted octanol–water partition coefficient (Wildman–Crippen LogP) is 4.55. The third-order valence-corrected chi connectivity index (χ3v) is 5.52. The van der Waals surface area contributed by atoms with Gasteiger partial charge in [0.15, 0.2) is 9.84 Å². The average molecular weight is 333 g/mol. The molecule has 0 saturated carbocycles. The molecule has 0 radical (unpaired) electrons. The van der Waals surface area contributed by atoms with Crippen molar-refractivity contribution in [3.63, 3.8) is 0 Å². The highest BCUT2D eigenvalue weighted by Crippen LogP contribution is 2.37. The molecule has 2 aromatic rings. The summed E-state index contributed by atoms with van der Waals surface area (Å²) >= 11 is 13.6. The maximum Gasteiger partial charge on any atom is 0.175 e. The quantitative estimate of drug-likeness (QED) is 0.826. The van der Waals surface area contributed by atoms with Crippen LogP contribution in [0.2, 0.25) is 10.0 Å². The number of hydrogen-bond donors (Lipinski definition) is 0. The van der Waals surface area contributed by atoms with Crippen LogP contribution in [0.25, 0.3) is 0 Å². The maximum atomic E-state index is 11.4. The smallest absolute Gasteiger partial charge is 0.175 e. The van der Waals surface area contributed by atoms with E-state index in [1.807, 2.05) is 18.2 Å². The van der Waals surface area contributed by atoms with Gasteiger partial charge in [0, 0.05) is 16.0 Å². The third kappa shape index (κ3) is 3.66. The molecular formula is C13H10Cl2O2S2. The highest BCUT2D eigenvalue weighted by atomic mass is 35.5. The summed E-state index contributed by atoms with van der Waals surface area (Å²) in [6, 6.07) is 12.1. The molecule has 0 amide bonds. The van der Waals surface area contributed by atoms with Gasteiger partial charge in [-0.25, -0.2) is 8.42 Å². The molecule has 0 aromatic heterocycles. The summed E-state index contributed by atoms with van der Waals surface area (Å²) in [5.41, 5.74) is 0. The average Bonchev–Trinajstić information content (AvgIpc) is 2.33. The first kappa shape index (κ1) is 14.7. The molecular weight excluding hydrogens is 323 g/mol. The van der Waals surface area contributed by atoms with Crippen molar-refractivity contribution in [2.45, 2.75) is 14.7 Å². The molecule has 0 saturated heterocycles. The zero-order chi connectivity index (χ0) is 14.0. The second-order valence-electron chi connectivity index (χ2n) is 3.90. The number of hydrogen-bond acceptors (Lipinski definition) is 3. The lowest BCUT2D eigenvalue weighted by molar-refractivity contribution is 0.602. The van der Waals surface area contributed by atoms with Gasteiger partial charge in [-0.15, -0.1) is 0 Å². The summed E-state index contributed by atoms with van der Waals surface area (Å²) in [6.07, 6.45) is 1.15. The second kappa shape index (κ2) is 5.75. The van der Waals surface area contributed by atoms with Crippen LogP contribution in [-0.2, 0) is 9.84 Å². The molecule has 0 atom stereocenters. The number of sulfone groups is 1. The second-order valence-corrected chi connectivity index (χ2v) is 7.81. The summed E-state index contributed by atoms with van der Waals surface area (Å²) in [4.78, 5) is 1.85. The molecule has 0 bridgehead atoms. The van der Waals surface area contributed by atoms with E-state index in [9.17, 15) is 8.42 Å². The van der Waals surface area contributed by atoms with Crippen LogP contribution in [0.15, 0.2) is 57.2 Å². The molecule has 2 rings (SSSR count). The first-order valence-corrected chi connectivity index (χ1v) is 8.76. The summed E-state index contributed by atoms with van der Waals surface area (Å²) < 4.78 is 22.8. The van der Waals surface area contributed by atoms with E-state index in [0.29, 0.717) is 10.0 Å². The minimum atomic E-state index is -3.24. The summed E-state index contributed by atoms with van der Waals surface area (Å²) in [5.74, 6) is 0. The van der Waals surface area contributed by atoms with Crippen LogP contribution in [0.3, 0.4) is 0 Å². The van der Waals surface area contributed by atoms with Crippen LogP contribution in [0, 0.1) is 0 Å². The van der Waals surface area contributed by atoms with Crippen molar-refractivity contribution in [2.75, 3.05) is 6.26 Å². The first-order valence-electron chi connectivity index (χ1n) is 5.30. The van der Waals surface area contributed by atoms with Crippen molar-refractivity contribution in [2.24, 2.45) is 0 Å². The SMILES string of the molecule is CS(=O)(=O)c1ccc(Sc2ccccc2Cl)c(Cl)c1. The molecule has 0 N–H and O–H groups in total. The lowest BCUT2D eigenvalue weighted by atomic mass is 10.4. The van der Waals surface area contributed by atoms with Crippen molar-refractivity contribution >= 4 is 44.8 Å². The van der Waals surface area contributed by atoms with Crippen LogP contribution in [0.4, 0.5) is 0 Å². The van der Waals surface area contributed by atoms with E-state index in [2.05, 4.69) is 0 Å². The summed E-state index contributed by atoms with van der Waals surface area (Å²) in [6.45, 7) is 0. The van der Waals surface area contributed by atoms with Gasteiger partial charge in [-0.2, -0.15) is 0 Å². The van der Waals surface area contributed by atoms with E-state index in [4.69, 9.17) is 23.2 Å². The van der Waals surface area contributed by atoms with Gasteiger partial charge < -0.3 is 0 Å². The normalized spacial score (nSPS) is 11.5. The van der Waals surface area contributed by atoms with Gasteiger partial charge in [-0.3, -0.25) is 0 Å². The molecule has 19 heavy (non-hydrogen) atoms. The van der Waals surface area contributed by atoms with Crippen molar-refractivity contribution in [1.82, 2.24) is 0 Å². The fraction of sp³-hybridized carbons (Fsp3) is 0.0769. The Balaban J connectivity index is 2.36. The fourth-order valence-corrected chi connectivity index (χ4v) is 3.54. The van der Waals surface area contributed by atoms with E-state index in [1.54, 1.807) is 18.2 Å². The van der Waals surface area contributed by atoms with E-state index >= 15 is 0 Å². The van der Waals surface area contributed by atoms with Crippen molar-refractivity contribution < 1.29 is 8.42 Å². The third-order valence-electron chi connectivity index (χ3n) is 2.39. The van der Waals surface area contributed by atoms with Gasteiger partial charge in [0.05, 0.1) is 14.9 Å². The number of halogens is 2. The van der Waals surface area contributed by atoms with Gasteiger partial charge in [0.25, 0.3) is 0 Å². The van der Waals surface area contributed by atoms with Gasteiger partial charge >= 0.3 is 0 Å². The highest BCUT2D eigenvalue weighted by molar-refractivity contribution is 7.99. The Labute approximate surface area is 126 Å². The molecule has 0 spiro atoms. The molecule has 6 heteroatoms. The zero-order valence-electron chi connectivity index (χ0n) is 9.93. The molecule has 0 fully saturated rings. The van der Waals surface area contributed by atoms with E-state index in [1.165, 1.54) is 17.8 Å². The van der Waals surface area contributed by atoms with Crippen molar-refractivity contribution in [3.8, 4) is 0 Å². The predicted molar refractivity (Wildman–Crippen MR) is 80.1 cm³/mol. The fourth-order valence-electron chi connectivity index (χ4n) is 1.44. The molecule has 2 nitrogen and oxygen atoms in total. The van der Waals surface area contributed by atoms with E-state index < -0.39 is 9.84 Å². The monoisotopic (exact) mass is 332 g/mol. The van der Waals surface area contributed by atoms with Gasteiger partial charge in [0.2, 0.25) is 0 Å². The Bertz CT molecular complexity index is 712. The molecule has 0 unspecified atom stereocenters. The van der Waals surface area contributed by atoms with E-state index in [-0.39, 0.29) is 4.90 Å². The van der Waals surface area contributed by atoms with Gasteiger partial charge in [-0.05, 0) is 30.3 Å². The van der Waals surface area contributed by atoms with Crippen molar-refractivity contribution in [3.05, 3.63) is 52.5 Å². The largest absolute Gasteiger partial charge is 0.224 e. The minimum Gasteiger partial charge on any atom is -0.224 e. The Morgan fingerprint density at radius 1 is 0.947 bits per heavy atom. The number of benzene rings is 2. The zero-order valence-corrected chi connectivity index (χ0v) is 13.1. The molecule has 100 valence electrons. The van der Waals surface area contributed by atoms with Crippen LogP contribution < -0.4 is 0 Å². The van der Waals surface area contributed by atoms with Crippen molar-refractivity contribution in [1.29, 1.82) is 0 Å². The minimum absolute atomic E-state index is 0.209. The van der Waals surface area contributed by atoms with Crippen LogP contribution in [-0.4, -0.2) is 14.7 Å². The Kier molecular flexibility index (Phi) is 4.46. The lowest BCUT2D eigenvalue weighted by Gasteiger charge is -2.07. The van der Waals surface area contributed by atoms with E-state index in [0.717, 1.165) is 16.0 Å². The Morgan fingerprint density at radius 2 is 1.58 bits per heavy atom.